The molecule has 0 spiro atoms. The molecule has 5 rings (SSSR count). The van der Waals surface area contributed by atoms with Crippen LogP contribution in [0.25, 0.3) is 22.4 Å². The zero-order valence-electron chi connectivity index (χ0n) is 17.4. The number of pyridine rings is 1. The van der Waals surface area contributed by atoms with Crippen molar-refractivity contribution in [2.75, 3.05) is 18.1 Å². The summed E-state index contributed by atoms with van der Waals surface area (Å²) in [6, 6.07) is 21.6. The van der Waals surface area contributed by atoms with Crippen LogP contribution in [0.4, 0.5) is 5.69 Å². The summed E-state index contributed by atoms with van der Waals surface area (Å²) >= 11 is 0. The lowest BCUT2D eigenvalue weighted by molar-refractivity contribution is -0.121. The number of aliphatic hydroxyl groups is 1. The van der Waals surface area contributed by atoms with E-state index in [1.165, 1.54) is 4.90 Å². The molecule has 1 saturated carbocycles. The number of fused-ring (bicyclic) bond motifs is 1. The van der Waals surface area contributed by atoms with Crippen LogP contribution in [-0.4, -0.2) is 35.3 Å². The molecule has 1 aromatic heterocycles. The lowest BCUT2D eigenvalue weighted by atomic mass is 9.70. The molecule has 3 aromatic rings. The zero-order valence-corrected chi connectivity index (χ0v) is 17.4. The van der Waals surface area contributed by atoms with Crippen LogP contribution in [-0.2, 0) is 10.3 Å². The molecule has 1 amide bonds. The predicted molar refractivity (Wildman–Crippen MR) is 120 cm³/mol. The monoisotopic (exact) mass is 426 g/mol. The number of nitrogens with zero attached hydrogens (tertiary/aromatic N) is 3. The quantitative estimate of drug-likeness (QED) is 0.620. The molecule has 1 aliphatic carbocycles. The Bertz CT molecular complexity index is 1210. The van der Waals surface area contributed by atoms with Gasteiger partial charge in [-0.15, -0.1) is 0 Å². The average molecular weight is 426 g/mol. The molecule has 2 aliphatic rings. The summed E-state index contributed by atoms with van der Waals surface area (Å²) in [6.45, 7) is -0.216. The molecule has 0 unspecified atom stereocenters. The van der Waals surface area contributed by atoms with Crippen LogP contribution < -0.4 is 15.4 Å². The van der Waals surface area contributed by atoms with Gasteiger partial charge in [0.05, 0.1) is 17.9 Å². The van der Waals surface area contributed by atoms with Crippen LogP contribution in [0.5, 0.6) is 5.88 Å². The van der Waals surface area contributed by atoms with Gasteiger partial charge in [0.15, 0.2) is 6.61 Å². The fourth-order valence-electron chi connectivity index (χ4n) is 4.41. The lowest BCUT2D eigenvalue weighted by Gasteiger charge is -2.42. The SMILES string of the molecule is N#CCN1C(=O)COc2nc(-c3ccc([C@]4(N)C[C@@H](O)C4)cc3)c(-c3ccccc3)cc21. The molecular weight excluding hydrogens is 404 g/mol. The maximum absolute atomic E-state index is 12.3. The van der Waals surface area contributed by atoms with Gasteiger partial charge >= 0.3 is 0 Å². The molecule has 2 aromatic carbocycles. The number of nitrogens with two attached hydrogens (primary N) is 1. The van der Waals surface area contributed by atoms with Gasteiger partial charge in [-0.25, -0.2) is 4.98 Å². The molecule has 0 saturated heterocycles. The van der Waals surface area contributed by atoms with Crippen molar-refractivity contribution >= 4 is 11.6 Å². The van der Waals surface area contributed by atoms with E-state index < -0.39 is 5.54 Å². The molecule has 32 heavy (non-hydrogen) atoms. The van der Waals surface area contributed by atoms with Gasteiger partial charge in [-0.3, -0.25) is 9.69 Å². The number of ether oxygens (including phenoxy) is 1. The van der Waals surface area contributed by atoms with E-state index in [1.54, 1.807) is 0 Å². The summed E-state index contributed by atoms with van der Waals surface area (Å²) in [6.07, 6.45) is 0.757. The molecule has 1 aliphatic heterocycles. The molecule has 7 nitrogen and oxygen atoms in total. The maximum Gasteiger partial charge on any atom is 0.266 e. The number of anilines is 1. The second kappa shape index (κ2) is 7.75. The van der Waals surface area contributed by atoms with Crippen LogP contribution in [0.15, 0.2) is 60.7 Å². The highest BCUT2D eigenvalue weighted by Crippen LogP contribution is 2.42. The molecular formula is C25H22N4O3. The van der Waals surface area contributed by atoms with Crippen molar-refractivity contribution < 1.29 is 14.6 Å². The van der Waals surface area contributed by atoms with Crippen molar-refractivity contribution in [1.82, 2.24) is 4.98 Å². The first-order chi connectivity index (χ1) is 15.5. The van der Waals surface area contributed by atoms with E-state index in [-0.39, 0.29) is 25.2 Å². The summed E-state index contributed by atoms with van der Waals surface area (Å²) in [5.74, 6) is 0.0592. The Balaban J connectivity index is 1.62. The Kier molecular flexibility index (Phi) is 4.89. The number of aliphatic hydroxyl groups excluding tert-OH is 1. The van der Waals surface area contributed by atoms with Gasteiger partial charge in [0.25, 0.3) is 5.91 Å². The first kappa shape index (κ1) is 20.2. The number of rotatable bonds is 4. The highest BCUT2D eigenvalue weighted by atomic mass is 16.5. The van der Waals surface area contributed by atoms with Crippen LogP contribution in [0.1, 0.15) is 18.4 Å². The second-order valence-electron chi connectivity index (χ2n) is 8.30. The highest BCUT2D eigenvalue weighted by Gasteiger charge is 2.41. The number of benzene rings is 2. The number of nitriles is 1. The molecule has 1 fully saturated rings. The molecule has 160 valence electrons. The number of aromatic nitrogens is 1. The average Bonchev–Trinajstić information content (AvgIpc) is 2.80. The molecule has 7 heteroatoms. The normalized spacial score (nSPS) is 21.8. The van der Waals surface area contributed by atoms with Gasteiger partial charge < -0.3 is 15.6 Å². The molecule has 0 radical (unpaired) electrons. The van der Waals surface area contributed by atoms with E-state index in [9.17, 15) is 15.2 Å². The number of carbonyl (C=O) groups is 1. The Hall–Kier alpha value is -3.73. The van der Waals surface area contributed by atoms with Gasteiger partial charge in [0.1, 0.15) is 12.2 Å². The van der Waals surface area contributed by atoms with E-state index >= 15 is 0 Å². The fraction of sp³-hybridized carbons (Fsp3) is 0.240. The van der Waals surface area contributed by atoms with Gasteiger partial charge in [-0.1, -0.05) is 54.6 Å². The largest absolute Gasteiger partial charge is 0.466 e. The van der Waals surface area contributed by atoms with Gasteiger partial charge in [0, 0.05) is 16.7 Å². The summed E-state index contributed by atoms with van der Waals surface area (Å²) in [5, 5.41) is 18.9. The van der Waals surface area contributed by atoms with E-state index in [0.29, 0.717) is 30.1 Å². The van der Waals surface area contributed by atoms with Gasteiger partial charge in [0.2, 0.25) is 5.88 Å². The molecule has 2 heterocycles. The van der Waals surface area contributed by atoms with Gasteiger partial charge in [-0.2, -0.15) is 5.26 Å². The Labute approximate surface area is 185 Å². The minimum atomic E-state index is -0.495. The van der Waals surface area contributed by atoms with Crippen molar-refractivity contribution in [3.8, 4) is 34.3 Å². The second-order valence-corrected chi connectivity index (χ2v) is 8.30. The van der Waals surface area contributed by atoms with Crippen molar-refractivity contribution in [3.63, 3.8) is 0 Å². The van der Waals surface area contributed by atoms with Crippen molar-refractivity contribution in [2.24, 2.45) is 5.73 Å². The lowest BCUT2D eigenvalue weighted by Crippen LogP contribution is -2.51. The summed E-state index contributed by atoms with van der Waals surface area (Å²) in [7, 11) is 0. The molecule has 3 N–H and O–H groups in total. The zero-order chi connectivity index (χ0) is 22.3. The highest BCUT2D eigenvalue weighted by molar-refractivity contribution is 5.99. The molecule has 0 atom stereocenters. The maximum atomic E-state index is 12.3. The van der Waals surface area contributed by atoms with E-state index in [4.69, 9.17) is 15.5 Å². The van der Waals surface area contributed by atoms with Crippen molar-refractivity contribution in [3.05, 3.63) is 66.2 Å². The van der Waals surface area contributed by atoms with E-state index in [2.05, 4.69) is 0 Å². The van der Waals surface area contributed by atoms with E-state index in [1.807, 2.05) is 66.7 Å². The Morgan fingerprint density at radius 1 is 1.16 bits per heavy atom. The summed E-state index contributed by atoms with van der Waals surface area (Å²) < 4.78 is 5.62. The molecule has 0 bridgehead atoms. The minimum Gasteiger partial charge on any atom is -0.466 e. The first-order valence-corrected chi connectivity index (χ1v) is 10.5. The Morgan fingerprint density at radius 2 is 1.88 bits per heavy atom. The minimum absolute atomic E-state index is 0.0659. The topological polar surface area (TPSA) is 112 Å². The fourth-order valence-corrected chi connectivity index (χ4v) is 4.41. The third-order valence-corrected chi connectivity index (χ3v) is 6.14. The standard InChI is InChI=1S/C25H22N4O3/c26-10-11-29-21-12-20(16-4-2-1-3-5-16)23(28-24(21)32-15-22(29)31)17-6-8-18(9-7-17)25(27)13-19(30)14-25/h1-9,12,19,30H,11,13-15,27H2/t19-,25+. The van der Waals surface area contributed by atoms with Crippen LogP contribution in [0.3, 0.4) is 0 Å². The smallest absolute Gasteiger partial charge is 0.266 e. The number of hydrogen-bond donors (Lipinski definition) is 2. The van der Waals surface area contributed by atoms with Crippen LogP contribution >= 0.6 is 0 Å². The van der Waals surface area contributed by atoms with Crippen LogP contribution in [0.2, 0.25) is 0 Å². The third kappa shape index (κ3) is 3.40. The third-order valence-electron chi connectivity index (χ3n) is 6.14. The summed E-state index contributed by atoms with van der Waals surface area (Å²) in [5.41, 5.74) is 10.8. The Morgan fingerprint density at radius 3 is 2.53 bits per heavy atom. The van der Waals surface area contributed by atoms with Crippen molar-refractivity contribution in [1.29, 1.82) is 5.26 Å². The summed E-state index contributed by atoms with van der Waals surface area (Å²) in [4.78, 5) is 18.5. The van der Waals surface area contributed by atoms with Gasteiger partial charge in [-0.05, 0) is 30.0 Å². The number of amides is 1. The number of hydrogen-bond acceptors (Lipinski definition) is 6. The van der Waals surface area contributed by atoms with E-state index in [0.717, 1.165) is 22.3 Å². The van der Waals surface area contributed by atoms with Crippen LogP contribution in [0, 0.1) is 11.3 Å². The number of carbonyl (C=O) groups excluding carboxylic acids is 1. The predicted octanol–water partition coefficient (Wildman–Crippen LogP) is 2.97. The van der Waals surface area contributed by atoms with Crippen molar-refractivity contribution in [2.45, 2.75) is 24.5 Å². The first-order valence-electron chi connectivity index (χ1n) is 10.5.